The Balaban J connectivity index is 1.74. The lowest BCUT2D eigenvalue weighted by Crippen LogP contribution is -2.16. The average molecular weight is 220 g/mol. The molecule has 0 aliphatic carbocycles. The van der Waals surface area contributed by atoms with Crippen LogP contribution in [0.15, 0.2) is 12.1 Å². The highest BCUT2D eigenvalue weighted by Crippen LogP contribution is 2.23. The Morgan fingerprint density at radius 3 is 3.19 bits per heavy atom. The molecule has 0 spiro atoms. The molecule has 1 atom stereocenters. The van der Waals surface area contributed by atoms with Crippen molar-refractivity contribution in [3.05, 3.63) is 23.4 Å². The van der Waals surface area contributed by atoms with Crippen molar-refractivity contribution in [1.82, 2.24) is 9.88 Å². The van der Waals surface area contributed by atoms with Crippen molar-refractivity contribution >= 4 is 0 Å². The van der Waals surface area contributed by atoms with Crippen molar-refractivity contribution in [2.24, 2.45) is 0 Å². The van der Waals surface area contributed by atoms with Crippen molar-refractivity contribution in [2.45, 2.75) is 25.6 Å². The van der Waals surface area contributed by atoms with Gasteiger partial charge in [-0.1, -0.05) is 6.07 Å². The molecule has 0 N–H and O–H groups in total. The lowest BCUT2D eigenvalue weighted by Gasteiger charge is -2.11. The zero-order valence-electron chi connectivity index (χ0n) is 9.48. The first-order valence-corrected chi connectivity index (χ1v) is 5.73. The van der Waals surface area contributed by atoms with Crippen LogP contribution >= 0.6 is 0 Å². The van der Waals surface area contributed by atoms with Crippen LogP contribution in [0.4, 0.5) is 0 Å². The summed E-state index contributed by atoms with van der Waals surface area (Å²) in [7, 11) is 2.10. The van der Waals surface area contributed by atoms with Crippen LogP contribution in [-0.2, 0) is 17.8 Å². The molecule has 2 aliphatic rings. The lowest BCUT2D eigenvalue weighted by atomic mass is 10.2. The summed E-state index contributed by atoms with van der Waals surface area (Å²) < 4.78 is 11.1. The van der Waals surface area contributed by atoms with Crippen LogP contribution in [0.25, 0.3) is 0 Å². The van der Waals surface area contributed by atoms with Gasteiger partial charge < -0.3 is 9.47 Å². The highest BCUT2D eigenvalue weighted by Gasteiger charge is 2.20. The lowest BCUT2D eigenvalue weighted by molar-refractivity contribution is 0.138. The van der Waals surface area contributed by atoms with E-state index in [0.29, 0.717) is 6.61 Å². The summed E-state index contributed by atoms with van der Waals surface area (Å²) in [5.41, 5.74) is 2.47. The molecule has 1 saturated heterocycles. The molecule has 0 amide bonds. The first-order chi connectivity index (χ1) is 7.81. The second-order valence-electron chi connectivity index (χ2n) is 4.53. The third kappa shape index (κ3) is 1.90. The second-order valence-corrected chi connectivity index (χ2v) is 4.53. The normalized spacial score (nSPS) is 24.7. The smallest absolute Gasteiger partial charge is 0.213 e. The molecule has 0 radical (unpaired) electrons. The minimum absolute atomic E-state index is 0.185. The summed E-state index contributed by atoms with van der Waals surface area (Å²) in [6, 6.07) is 4.09. The summed E-state index contributed by atoms with van der Waals surface area (Å²) in [6.07, 6.45) is 1.16. The molecule has 3 rings (SSSR count). The van der Waals surface area contributed by atoms with Crippen molar-refractivity contribution in [3.8, 4) is 5.88 Å². The van der Waals surface area contributed by atoms with Gasteiger partial charge in [-0.05, 0) is 12.6 Å². The van der Waals surface area contributed by atoms with Crippen LogP contribution in [-0.4, -0.2) is 36.2 Å². The van der Waals surface area contributed by atoms with Gasteiger partial charge in [0.2, 0.25) is 5.88 Å². The van der Waals surface area contributed by atoms with Crippen molar-refractivity contribution < 1.29 is 9.47 Å². The number of fused-ring (bicyclic) bond motifs is 1. The number of aromatic nitrogens is 1. The van der Waals surface area contributed by atoms with Gasteiger partial charge in [0.15, 0.2) is 0 Å². The first-order valence-electron chi connectivity index (χ1n) is 5.73. The van der Waals surface area contributed by atoms with Crippen molar-refractivity contribution in [2.75, 3.05) is 20.3 Å². The van der Waals surface area contributed by atoms with E-state index in [-0.39, 0.29) is 6.10 Å². The molecule has 0 aromatic carbocycles. The molecule has 2 aliphatic heterocycles. The number of ether oxygens (including phenoxy) is 2. The van der Waals surface area contributed by atoms with Crippen LogP contribution in [0.5, 0.6) is 5.88 Å². The van der Waals surface area contributed by atoms with Crippen LogP contribution in [0.1, 0.15) is 17.7 Å². The minimum Gasteiger partial charge on any atom is -0.472 e. The Hall–Kier alpha value is -1.13. The molecule has 1 aromatic rings. The molecule has 0 bridgehead atoms. The molecule has 0 saturated carbocycles. The first kappa shape index (κ1) is 10.1. The maximum Gasteiger partial charge on any atom is 0.213 e. The van der Waals surface area contributed by atoms with Crippen molar-refractivity contribution in [1.29, 1.82) is 0 Å². The molecular formula is C12H16N2O2. The molecular weight excluding hydrogens is 204 g/mol. The van der Waals surface area contributed by atoms with Crippen molar-refractivity contribution in [3.63, 3.8) is 0 Å². The van der Waals surface area contributed by atoms with Gasteiger partial charge in [-0.3, -0.25) is 4.90 Å². The predicted molar refractivity (Wildman–Crippen MR) is 59.3 cm³/mol. The predicted octanol–water partition coefficient (Wildman–Crippen LogP) is 1.19. The van der Waals surface area contributed by atoms with E-state index in [1.807, 2.05) is 6.07 Å². The third-order valence-electron chi connectivity index (χ3n) is 3.08. The van der Waals surface area contributed by atoms with Crippen LogP contribution in [0, 0.1) is 0 Å². The quantitative estimate of drug-likeness (QED) is 0.750. The molecule has 1 unspecified atom stereocenters. The van der Waals surface area contributed by atoms with Gasteiger partial charge in [0.1, 0.15) is 6.10 Å². The molecule has 1 aromatic heterocycles. The number of hydrogen-bond acceptors (Lipinski definition) is 4. The second kappa shape index (κ2) is 4.03. The minimum atomic E-state index is 0.185. The number of nitrogens with zero attached hydrogens (tertiary/aromatic N) is 2. The highest BCUT2D eigenvalue weighted by molar-refractivity contribution is 5.28. The monoisotopic (exact) mass is 220 g/mol. The van der Waals surface area contributed by atoms with Gasteiger partial charge in [-0.2, -0.15) is 0 Å². The summed E-state index contributed by atoms with van der Waals surface area (Å²) in [5.74, 6) is 0.740. The molecule has 4 heteroatoms. The standard InChI is InChI=1S/C12H16N2O2/c1-14-6-9-2-3-12(13-11(9)7-14)16-10-4-5-15-8-10/h2-3,10H,4-8H2,1H3. The Bertz CT molecular complexity index is 389. The maximum atomic E-state index is 5.78. The zero-order valence-corrected chi connectivity index (χ0v) is 9.48. The average Bonchev–Trinajstić information content (AvgIpc) is 2.85. The summed E-state index contributed by atoms with van der Waals surface area (Å²) >= 11 is 0. The topological polar surface area (TPSA) is 34.6 Å². The number of hydrogen-bond donors (Lipinski definition) is 0. The summed E-state index contributed by atoms with van der Waals surface area (Å²) in [6.45, 7) is 3.42. The van der Waals surface area contributed by atoms with Gasteiger partial charge in [-0.15, -0.1) is 0 Å². The molecule has 86 valence electrons. The Morgan fingerprint density at radius 1 is 1.44 bits per heavy atom. The Morgan fingerprint density at radius 2 is 2.38 bits per heavy atom. The summed E-state index contributed by atoms with van der Waals surface area (Å²) in [5, 5.41) is 0. The van der Waals surface area contributed by atoms with E-state index in [2.05, 4.69) is 23.0 Å². The Kier molecular flexibility index (Phi) is 2.53. The summed E-state index contributed by atoms with van der Waals surface area (Å²) in [4.78, 5) is 6.80. The van der Waals surface area contributed by atoms with Gasteiger partial charge in [0, 0.05) is 25.6 Å². The fourth-order valence-corrected chi connectivity index (χ4v) is 2.24. The van der Waals surface area contributed by atoms with E-state index in [4.69, 9.17) is 9.47 Å². The molecule has 3 heterocycles. The van der Waals surface area contributed by atoms with Crippen LogP contribution in [0.3, 0.4) is 0 Å². The van der Waals surface area contributed by atoms with Crippen LogP contribution in [0.2, 0.25) is 0 Å². The van der Waals surface area contributed by atoms with Gasteiger partial charge >= 0.3 is 0 Å². The zero-order chi connectivity index (χ0) is 11.0. The van der Waals surface area contributed by atoms with Gasteiger partial charge in [0.25, 0.3) is 0 Å². The fourth-order valence-electron chi connectivity index (χ4n) is 2.24. The van der Waals surface area contributed by atoms with E-state index >= 15 is 0 Å². The number of pyridine rings is 1. The highest BCUT2D eigenvalue weighted by atomic mass is 16.5. The van der Waals surface area contributed by atoms with E-state index in [1.54, 1.807) is 0 Å². The SMILES string of the molecule is CN1Cc2ccc(OC3CCOC3)nc2C1. The fraction of sp³-hybridized carbons (Fsp3) is 0.583. The van der Waals surface area contributed by atoms with E-state index in [1.165, 1.54) is 5.56 Å². The van der Waals surface area contributed by atoms with E-state index in [9.17, 15) is 0 Å². The largest absolute Gasteiger partial charge is 0.472 e. The molecule has 16 heavy (non-hydrogen) atoms. The van der Waals surface area contributed by atoms with Crippen LogP contribution < -0.4 is 4.74 Å². The molecule has 4 nitrogen and oxygen atoms in total. The third-order valence-corrected chi connectivity index (χ3v) is 3.08. The van der Waals surface area contributed by atoms with Gasteiger partial charge in [-0.25, -0.2) is 4.98 Å². The van der Waals surface area contributed by atoms with E-state index in [0.717, 1.165) is 37.7 Å². The Labute approximate surface area is 95.2 Å². The maximum absolute atomic E-state index is 5.78. The molecule has 1 fully saturated rings. The van der Waals surface area contributed by atoms with E-state index < -0.39 is 0 Å². The number of rotatable bonds is 2. The van der Waals surface area contributed by atoms with Gasteiger partial charge in [0.05, 0.1) is 18.9 Å².